The Kier molecular flexibility index (Phi) is 7.87. The van der Waals surface area contributed by atoms with Crippen molar-refractivity contribution in [3.63, 3.8) is 0 Å². The average molecular weight is 329 g/mol. The van der Waals surface area contributed by atoms with Crippen molar-refractivity contribution in [2.24, 2.45) is 0 Å². The predicted octanol–water partition coefficient (Wildman–Crippen LogP) is 2.01. The molecular weight excluding hydrogens is 310 g/mol. The molecule has 24 heavy (non-hydrogen) atoms. The molecule has 1 aromatic heterocycles. The second-order valence-electron chi connectivity index (χ2n) is 4.93. The quantitative estimate of drug-likeness (QED) is 0.580. The number of aryl methyl sites for hydroxylation is 1. The molecule has 0 atom stereocenters. The smallest absolute Gasteiger partial charge is 0.307 e. The molecule has 0 spiro atoms. The van der Waals surface area contributed by atoms with Crippen LogP contribution in [0.4, 0.5) is 0 Å². The van der Waals surface area contributed by atoms with Crippen molar-refractivity contribution >= 4 is 11.9 Å². The SMILES string of the molecule is C#CCCC(=O)OCc1cnc(C)c(O)c1COC(=O)CCC#C. The minimum atomic E-state index is -0.473. The highest BCUT2D eigenvalue weighted by Gasteiger charge is 2.15. The second-order valence-corrected chi connectivity index (χ2v) is 4.93. The van der Waals surface area contributed by atoms with Crippen molar-refractivity contribution in [1.82, 2.24) is 4.98 Å². The van der Waals surface area contributed by atoms with E-state index in [1.165, 1.54) is 6.20 Å². The average Bonchev–Trinajstić information content (AvgIpc) is 2.58. The summed E-state index contributed by atoms with van der Waals surface area (Å²) in [6, 6.07) is 0. The topological polar surface area (TPSA) is 85.7 Å². The number of hydrogen-bond acceptors (Lipinski definition) is 6. The molecule has 0 aliphatic carbocycles. The minimum Gasteiger partial charge on any atom is -0.506 e. The molecule has 0 unspecified atom stereocenters. The molecule has 0 radical (unpaired) electrons. The maximum atomic E-state index is 11.5. The molecule has 1 heterocycles. The van der Waals surface area contributed by atoms with E-state index in [0.717, 1.165) is 0 Å². The van der Waals surface area contributed by atoms with Gasteiger partial charge in [0.25, 0.3) is 0 Å². The summed E-state index contributed by atoms with van der Waals surface area (Å²) in [5.74, 6) is 3.67. The monoisotopic (exact) mass is 329 g/mol. The maximum absolute atomic E-state index is 11.5. The first-order valence-corrected chi connectivity index (χ1v) is 7.34. The Morgan fingerprint density at radius 2 is 1.67 bits per heavy atom. The number of aromatic hydroxyl groups is 1. The van der Waals surface area contributed by atoms with Crippen LogP contribution in [-0.2, 0) is 32.3 Å². The molecule has 6 heteroatoms. The van der Waals surface area contributed by atoms with Crippen LogP contribution in [0, 0.1) is 31.6 Å². The number of rotatable bonds is 8. The standard InChI is InChI=1S/C18H19NO5/c1-4-6-8-16(20)23-11-14-10-19-13(3)18(22)15(14)12-24-17(21)9-7-5-2/h1-2,10,22H,6-9,11-12H2,3H3. The molecule has 0 bridgehead atoms. The fourth-order valence-electron chi connectivity index (χ4n) is 1.77. The maximum Gasteiger partial charge on any atom is 0.307 e. The number of carbonyl (C=O) groups excluding carboxylic acids is 2. The van der Waals surface area contributed by atoms with Crippen LogP contribution < -0.4 is 0 Å². The van der Waals surface area contributed by atoms with Gasteiger partial charge in [-0.2, -0.15) is 0 Å². The summed E-state index contributed by atoms with van der Waals surface area (Å²) in [6.07, 6.45) is 12.4. The van der Waals surface area contributed by atoms with Crippen LogP contribution in [0.3, 0.4) is 0 Å². The van der Waals surface area contributed by atoms with Crippen molar-refractivity contribution in [3.05, 3.63) is 23.0 Å². The summed E-state index contributed by atoms with van der Waals surface area (Å²) < 4.78 is 10.2. The highest BCUT2D eigenvalue weighted by atomic mass is 16.5. The molecule has 0 aliphatic heterocycles. The summed E-state index contributed by atoms with van der Waals surface area (Å²) in [6.45, 7) is 1.36. The largest absolute Gasteiger partial charge is 0.506 e. The molecule has 0 aliphatic rings. The van der Waals surface area contributed by atoms with E-state index in [-0.39, 0.29) is 44.6 Å². The van der Waals surface area contributed by atoms with Crippen LogP contribution in [0.2, 0.25) is 0 Å². The molecule has 1 aromatic rings. The number of aromatic nitrogens is 1. The number of nitrogens with zero attached hydrogens (tertiary/aromatic N) is 1. The van der Waals surface area contributed by atoms with Crippen LogP contribution in [0.5, 0.6) is 5.75 Å². The predicted molar refractivity (Wildman–Crippen MR) is 86.4 cm³/mol. The third-order valence-corrected chi connectivity index (χ3v) is 3.14. The van der Waals surface area contributed by atoms with E-state index in [1.54, 1.807) is 6.92 Å². The van der Waals surface area contributed by atoms with Gasteiger partial charge in [-0.05, 0) is 6.92 Å². The molecule has 1 N–H and O–H groups in total. The fourth-order valence-corrected chi connectivity index (χ4v) is 1.77. The fraction of sp³-hybridized carbons (Fsp3) is 0.389. The number of terminal acetylenes is 2. The Balaban J connectivity index is 2.76. The van der Waals surface area contributed by atoms with E-state index in [2.05, 4.69) is 16.8 Å². The third kappa shape index (κ3) is 6.02. The first kappa shape index (κ1) is 19.1. The van der Waals surface area contributed by atoms with Crippen molar-refractivity contribution in [1.29, 1.82) is 0 Å². The number of carbonyl (C=O) groups is 2. The normalized spacial score (nSPS) is 9.62. The summed E-state index contributed by atoms with van der Waals surface area (Å²) in [5, 5.41) is 10.1. The Morgan fingerprint density at radius 3 is 2.21 bits per heavy atom. The highest BCUT2D eigenvalue weighted by Crippen LogP contribution is 2.25. The van der Waals surface area contributed by atoms with Crippen molar-refractivity contribution in [3.8, 4) is 30.4 Å². The minimum absolute atomic E-state index is 0.0950. The van der Waals surface area contributed by atoms with Crippen molar-refractivity contribution in [2.45, 2.75) is 45.8 Å². The Morgan fingerprint density at radius 1 is 1.12 bits per heavy atom. The van der Waals surface area contributed by atoms with Gasteiger partial charge in [-0.3, -0.25) is 14.6 Å². The number of hydrogen-bond donors (Lipinski definition) is 1. The molecule has 0 saturated carbocycles. The Labute approximate surface area is 141 Å². The van der Waals surface area contributed by atoms with Gasteiger partial charge in [-0.15, -0.1) is 24.7 Å². The second kappa shape index (κ2) is 9.91. The molecule has 0 aromatic carbocycles. The zero-order valence-corrected chi connectivity index (χ0v) is 13.5. The lowest BCUT2D eigenvalue weighted by Crippen LogP contribution is -2.10. The summed E-state index contributed by atoms with van der Waals surface area (Å²) in [4.78, 5) is 27.1. The lowest BCUT2D eigenvalue weighted by Gasteiger charge is -2.13. The first-order valence-electron chi connectivity index (χ1n) is 7.34. The summed E-state index contributed by atoms with van der Waals surface area (Å²) in [7, 11) is 0. The van der Waals surface area contributed by atoms with E-state index in [4.69, 9.17) is 22.3 Å². The van der Waals surface area contributed by atoms with Crippen LogP contribution in [0.15, 0.2) is 6.20 Å². The van der Waals surface area contributed by atoms with E-state index < -0.39 is 11.9 Å². The van der Waals surface area contributed by atoms with E-state index in [9.17, 15) is 14.7 Å². The third-order valence-electron chi connectivity index (χ3n) is 3.14. The molecule has 0 saturated heterocycles. The molecule has 126 valence electrons. The van der Waals surface area contributed by atoms with Crippen LogP contribution in [0.1, 0.15) is 42.5 Å². The Bertz CT molecular complexity index is 682. The van der Waals surface area contributed by atoms with Crippen LogP contribution in [0.25, 0.3) is 0 Å². The van der Waals surface area contributed by atoms with Gasteiger partial charge >= 0.3 is 11.9 Å². The zero-order valence-electron chi connectivity index (χ0n) is 13.5. The van der Waals surface area contributed by atoms with E-state index in [1.807, 2.05) is 0 Å². The molecule has 6 nitrogen and oxygen atoms in total. The van der Waals surface area contributed by atoms with Crippen LogP contribution in [-0.4, -0.2) is 22.0 Å². The van der Waals surface area contributed by atoms with E-state index in [0.29, 0.717) is 16.8 Å². The van der Waals surface area contributed by atoms with Crippen LogP contribution >= 0.6 is 0 Å². The number of pyridine rings is 1. The summed E-state index contributed by atoms with van der Waals surface area (Å²) >= 11 is 0. The molecule has 0 amide bonds. The van der Waals surface area contributed by atoms with Gasteiger partial charge < -0.3 is 14.6 Å². The summed E-state index contributed by atoms with van der Waals surface area (Å²) in [5.41, 5.74) is 1.19. The lowest BCUT2D eigenvalue weighted by atomic mass is 10.1. The zero-order chi connectivity index (χ0) is 17.9. The van der Waals surface area contributed by atoms with Gasteiger partial charge in [0.2, 0.25) is 0 Å². The Hall–Kier alpha value is -2.99. The van der Waals surface area contributed by atoms with Gasteiger partial charge in [-0.25, -0.2) is 0 Å². The number of ether oxygens (including phenoxy) is 2. The van der Waals surface area contributed by atoms with Crippen molar-refractivity contribution < 1.29 is 24.2 Å². The lowest BCUT2D eigenvalue weighted by molar-refractivity contribution is -0.146. The highest BCUT2D eigenvalue weighted by molar-refractivity contribution is 5.70. The van der Waals surface area contributed by atoms with Gasteiger partial charge in [0.15, 0.2) is 0 Å². The molecule has 0 fully saturated rings. The first-order chi connectivity index (χ1) is 11.5. The number of esters is 2. The molecule has 1 rings (SSSR count). The molecular formula is C18H19NO5. The van der Waals surface area contributed by atoms with Gasteiger partial charge in [0.05, 0.1) is 18.5 Å². The van der Waals surface area contributed by atoms with Gasteiger partial charge in [0.1, 0.15) is 19.0 Å². The van der Waals surface area contributed by atoms with Gasteiger partial charge in [-0.1, -0.05) is 0 Å². The van der Waals surface area contributed by atoms with E-state index >= 15 is 0 Å². The van der Waals surface area contributed by atoms with Crippen molar-refractivity contribution in [2.75, 3.05) is 0 Å². The van der Waals surface area contributed by atoms with Gasteiger partial charge in [0, 0.05) is 30.2 Å².